The summed E-state index contributed by atoms with van der Waals surface area (Å²) in [5.74, 6) is 0.939. The minimum absolute atomic E-state index is 0.0640. The van der Waals surface area contributed by atoms with E-state index in [4.69, 9.17) is 14.2 Å². The minimum Gasteiger partial charge on any atom is -0.454 e. The van der Waals surface area contributed by atoms with Gasteiger partial charge in [-0.25, -0.2) is 12.7 Å². The monoisotopic (exact) mass is 358 g/mol. The molecular formula is C15H22N2O6S. The van der Waals surface area contributed by atoms with E-state index in [9.17, 15) is 13.2 Å². The number of rotatable bonds is 9. The van der Waals surface area contributed by atoms with Gasteiger partial charge < -0.3 is 19.5 Å². The number of methoxy groups -OCH3 is 1. The number of fused-ring (bicyclic) bond motifs is 1. The molecule has 0 atom stereocenters. The third-order valence-corrected chi connectivity index (χ3v) is 4.77. The quantitative estimate of drug-likeness (QED) is 0.663. The highest BCUT2D eigenvalue weighted by Gasteiger charge is 2.18. The van der Waals surface area contributed by atoms with Gasteiger partial charge in [-0.3, -0.25) is 4.79 Å². The third kappa shape index (κ3) is 5.36. The summed E-state index contributed by atoms with van der Waals surface area (Å²) in [5, 5.41) is 2.73. The lowest BCUT2D eigenvalue weighted by atomic mass is 10.2. The zero-order valence-electron chi connectivity index (χ0n) is 13.8. The zero-order valence-corrected chi connectivity index (χ0v) is 14.6. The normalized spacial score (nSPS) is 13.3. The van der Waals surface area contributed by atoms with Crippen LogP contribution >= 0.6 is 0 Å². The fourth-order valence-electron chi connectivity index (χ4n) is 2.25. The number of amides is 1. The molecule has 1 aromatic rings. The first-order valence-corrected chi connectivity index (χ1v) is 9.38. The summed E-state index contributed by atoms with van der Waals surface area (Å²) in [6.45, 7) is 1.08. The second-order valence-electron chi connectivity index (χ2n) is 5.37. The van der Waals surface area contributed by atoms with E-state index in [1.165, 1.54) is 4.31 Å². The average Bonchev–Trinajstić information content (AvgIpc) is 2.97. The number of nitrogens with one attached hydrogen (secondary N) is 1. The van der Waals surface area contributed by atoms with Crippen molar-refractivity contribution < 1.29 is 27.4 Å². The summed E-state index contributed by atoms with van der Waals surface area (Å²) in [6.07, 6.45) is 1.78. The van der Waals surface area contributed by atoms with E-state index < -0.39 is 10.0 Å². The van der Waals surface area contributed by atoms with Crippen molar-refractivity contribution in [3.63, 3.8) is 0 Å². The van der Waals surface area contributed by atoms with Gasteiger partial charge in [-0.05, 0) is 18.6 Å². The summed E-state index contributed by atoms with van der Waals surface area (Å²) < 4.78 is 40.1. The molecule has 0 aromatic heterocycles. The van der Waals surface area contributed by atoms with Crippen LogP contribution < -0.4 is 14.8 Å². The molecule has 1 aliphatic rings. The smallest absolute Gasteiger partial charge is 0.231 e. The SMILES string of the molecule is COCCCN(CCC(=O)Nc1ccc2c(c1)OCO2)S(C)(=O)=O. The number of hydrogen-bond acceptors (Lipinski definition) is 6. The molecule has 0 saturated heterocycles. The Balaban J connectivity index is 1.86. The molecular weight excluding hydrogens is 336 g/mol. The van der Waals surface area contributed by atoms with Crippen molar-refractivity contribution in [2.24, 2.45) is 0 Å². The Hall–Kier alpha value is -1.84. The summed E-state index contributed by atoms with van der Waals surface area (Å²) in [6, 6.07) is 5.09. The number of carbonyl (C=O) groups excluding carboxylic acids is 1. The minimum atomic E-state index is -3.36. The van der Waals surface area contributed by atoms with Crippen LogP contribution in [0, 0.1) is 0 Å². The number of ether oxygens (including phenoxy) is 3. The van der Waals surface area contributed by atoms with E-state index in [2.05, 4.69) is 5.32 Å². The van der Waals surface area contributed by atoms with Gasteiger partial charge in [-0.15, -0.1) is 0 Å². The van der Waals surface area contributed by atoms with E-state index in [-0.39, 0.29) is 25.7 Å². The van der Waals surface area contributed by atoms with Crippen LogP contribution in [0.1, 0.15) is 12.8 Å². The number of nitrogens with zero attached hydrogens (tertiary/aromatic N) is 1. The molecule has 0 bridgehead atoms. The van der Waals surface area contributed by atoms with Gasteiger partial charge in [-0.1, -0.05) is 0 Å². The Kier molecular flexibility index (Phi) is 6.41. The van der Waals surface area contributed by atoms with Gasteiger partial charge in [-0.2, -0.15) is 0 Å². The number of benzene rings is 1. The van der Waals surface area contributed by atoms with Crippen LogP contribution in [-0.4, -0.2) is 58.5 Å². The summed E-state index contributed by atoms with van der Waals surface area (Å²) in [7, 11) is -1.80. The molecule has 0 radical (unpaired) electrons. The first-order chi connectivity index (χ1) is 11.4. The van der Waals surface area contributed by atoms with Gasteiger partial charge in [0.25, 0.3) is 0 Å². The Labute approximate surface area is 141 Å². The first kappa shape index (κ1) is 18.5. The van der Waals surface area contributed by atoms with E-state index in [1.807, 2.05) is 0 Å². The molecule has 0 saturated carbocycles. The van der Waals surface area contributed by atoms with Crippen molar-refractivity contribution in [3.8, 4) is 11.5 Å². The molecule has 1 aromatic carbocycles. The van der Waals surface area contributed by atoms with E-state index >= 15 is 0 Å². The molecule has 9 heteroatoms. The molecule has 0 fully saturated rings. The van der Waals surface area contributed by atoms with Gasteiger partial charge in [0.15, 0.2) is 11.5 Å². The lowest BCUT2D eigenvalue weighted by molar-refractivity contribution is -0.116. The van der Waals surface area contributed by atoms with E-state index in [0.717, 1.165) is 6.26 Å². The van der Waals surface area contributed by atoms with Gasteiger partial charge in [0.1, 0.15) is 0 Å². The second-order valence-corrected chi connectivity index (χ2v) is 7.36. The first-order valence-electron chi connectivity index (χ1n) is 7.53. The molecule has 1 N–H and O–H groups in total. The van der Waals surface area contributed by atoms with Crippen LogP contribution in [0.25, 0.3) is 0 Å². The van der Waals surface area contributed by atoms with Crippen molar-refractivity contribution in [2.75, 3.05) is 45.2 Å². The van der Waals surface area contributed by atoms with Crippen molar-refractivity contribution in [1.29, 1.82) is 0 Å². The number of anilines is 1. The fraction of sp³-hybridized carbons (Fsp3) is 0.533. The molecule has 24 heavy (non-hydrogen) atoms. The highest BCUT2D eigenvalue weighted by Crippen LogP contribution is 2.34. The van der Waals surface area contributed by atoms with Crippen molar-refractivity contribution in [1.82, 2.24) is 4.31 Å². The van der Waals surface area contributed by atoms with Gasteiger partial charge in [0.05, 0.1) is 6.26 Å². The van der Waals surface area contributed by atoms with Gasteiger partial charge in [0, 0.05) is 45.0 Å². The topological polar surface area (TPSA) is 94.2 Å². The Morgan fingerprint density at radius 2 is 2.04 bits per heavy atom. The highest BCUT2D eigenvalue weighted by atomic mass is 32.2. The number of hydrogen-bond donors (Lipinski definition) is 1. The summed E-state index contributed by atoms with van der Waals surface area (Å²) in [4.78, 5) is 12.0. The van der Waals surface area contributed by atoms with Crippen LogP contribution in [0.3, 0.4) is 0 Å². The van der Waals surface area contributed by atoms with Gasteiger partial charge in [0.2, 0.25) is 22.7 Å². The maximum Gasteiger partial charge on any atom is 0.231 e. The Bertz CT molecular complexity index is 677. The zero-order chi connectivity index (χ0) is 17.6. The molecule has 0 aliphatic carbocycles. The predicted molar refractivity (Wildman–Crippen MR) is 88.7 cm³/mol. The Morgan fingerprint density at radius 3 is 2.75 bits per heavy atom. The molecule has 134 valence electrons. The standard InChI is InChI=1S/C15H22N2O6S/c1-21-9-3-7-17(24(2,19)20)8-6-15(18)16-12-4-5-13-14(10-12)23-11-22-13/h4-5,10H,3,6-9,11H2,1-2H3,(H,16,18). The molecule has 0 unspecified atom stereocenters. The van der Waals surface area contributed by atoms with Crippen LogP contribution in [0.4, 0.5) is 5.69 Å². The predicted octanol–water partition coefficient (Wildman–Crippen LogP) is 1.04. The van der Waals surface area contributed by atoms with Gasteiger partial charge >= 0.3 is 0 Å². The summed E-state index contributed by atoms with van der Waals surface area (Å²) >= 11 is 0. The second kappa shape index (κ2) is 8.32. The van der Waals surface area contributed by atoms with E-state index in [1.54, 1.807) is 25.3 Å². The van der Waals surface area contributed by atoms with Crippen molar-refractivity contribution >= 4 is 21.6 Å². The molecule has 1 heterocycles. The third-order valence-electron chi connectivity index (χ3n) is 3.47. The molecule has 0 spiro atoms. The molecule has 1 aliphatic heterocycles. The fourth-order valence-corrected chi connectivity index (χ4v) is 3.14. The van der Waals surface area contributed by atoms with Crippen molar-refractivity contribution in [3.05, 3.63) is 18.2 Å². The van der Waals surface area contributed by atoms with Crippen molar-refractivity contribution in [2.45, 2.75) is 12.8 Å². The van der Waals surface area contributed by atoms with E-state index in [0.29, 0.717) is 36.8 Å². The highest BCUT2D eigenvalue weighted by molar-refractivity contribution is 7.88. The maximum atomic E-state index is 12.0. The van der Waals surface area contributed by atoms with Crippen LogP contribution in [0.5, 0.6) is 11.5 Å². The Morgan fingerprint density at radius 1 is 1.29 bits per heavy atom. The average molecular weight is 358 g/mol. The van der Waals surface area contributed by atoms with Crippen LogP contribution in [-0.2, 0) is 19.6 Å². The lowest BCUT2D eigenvalue weighted by Gasteiger charge is -2.19. The molecule has 1 amide bonds. The summed E-state index contributed by atoms with van der Waals surface area (Å²) in [5.41, 5.74) is 0.578. The lowest BCUT2D eigenvalue weighted by Crippen LogP contribution is -2.34. The number of carbonyl (C=O) groups is 1. The number of sulfonamides is 1. The molecule has 2 rings (SSSR count). The van der Waals surface area contributed by atoms with Crippen LogP contribution in [0.2, 0.25) is 0 Å². The maximum absolute atomic E-state index is 12.0. The molecule has 8 nitrogen and oxygen atoms in total. The van der Waals surface area contributed by atoms with Crippen LogP contribution in [0.15, 0.2) is 18.2 Å². The largest absolute Gasteiger partial charge is 0.454 e.